The van der Waals surface area contributed by atoms with Gasteiger partial charge >= 0.3 is 5.97 Å². The Kier molecular flexibility index (Phi) is 26.4. The van der Waals surface area contributed by atoms with Crippen molar-refractivity contribution in [1.29, 1.82) is 0 Å². The molecular weight excluding hydrogens is 1160 g/mol. The Morgan fingerprint density at radius 1 is 0.685 bits per heavy atom. The number of carbonyl (C=O) groups is 9. The second-order valence-electron chi connectivity index (χ2n) is 21.2. The Labute approximate surface area is 514 Å². The highest BCUT2D eigenvalue weighted by Crippen LogP contribution is 2.40. The first kappa shape index (κ1) is 68.2. The molecule has 0 bridgehead atoms. The van der Waals surface area contributed by atoms with Gasteiger partial charge in [-0.1, -0.05) is 55.5 Å². The maximum atomic E-state index is 14.0. The number of para-hydroxylation sites is 1. The van der Waals surface area contributed by atoms with E-state index in [0.717, 1.165) is 27.0 Å². The summed E-state index contributed by atoms with van der Waals surface area (Å²) >= 11 is 0. The zero-order chi connectivity index (χ0) is 63.7. The van der Waals surface area contributed by atoms with Gasteiger partial charge in [-0.05, 0) is 49.9 Å². The molecule has 480 valence electrons. The minimum Gasteiger partial charge on any atom is -0.458 e. The molecule has 89 heavy (non-hydrogen) atoms. The number of imide groups is 1. The van der Waals surface area contributed by atoms with E-state index in [1.54, 1.807) is 46.7 Å². The fourth-order valence-electron chi connectivity index (χ4n) is 10.1. The molecule has 0 unspecified atom stereocenters. The van der Waals surface area contributed by atoms with Crippen molar-refractivity contribution in [1.82, 2.24) is 45.9 Å². The average Bonchev–Trinajstić information content (AvgIpc) is 1.64. The largest absolute Gasteiger partial charge is 0.458 e. The number of nitrogens with zero attached hydrogens (tertiary/aromatic N) is 4. The van der Waals surface area contributed by atoms with Crippen LogP contribution in [0.5, 0.6) is 0 Å². The zero-order valence-electron chi connectivity index (χ0n) is 50.4. The second-order valence-corrected chi connectivity index (χ2v) is 21.2. The maximum Gasteiger partial charge on any atom is 0.343 e. The molecule has 5 heterocycles. The molecule has 8 amide bonds. The topological polar surface area (TPSA) is 340 Å². The molecule has 7 rings (SSSR count). The molecule has 3 aliphatic rings. The van der Waals surface area contributed by atoms with Crippen molar-refractivity contribution in [2.24, 2.45) is 0 Å². The molecule has 0 radical (unpaired) electrons. The van der Waals surface area contributed by atoms with Crippen LogP contribution in [0.25, 0.3) is 22.3 Å². The van der Waals surface area contributed by atoms with Crippen molar-refractivity contribution in [3.63, 3.8) is 0 Å². The van der Waals surface area contributed by atoms with E-state index in [9.17, 15) is 53.1 Å². The molecule has 0 saturated heterocycles. The first-order valence-electron chi connectivity index (χ1n) is 29.8. The van der Waals surface area contributed by atoms with Crippen LogP contribution in [0.15, 0.2) is 77.6 Å². The summed E-state index contributed by atoms with van der Waals surface area (Å²) in [6.45, 7) is 8.15. The predicted octanol–water partition coefficient (Wildman–Crippen LogP) is -0.144. The standard InChI is InChI=1S/C62H79N9O18/c1-4-62(82)47-35-50-58-45(39-71(50)60(80)46(47)40-89-61(62)81)43(44-12-8-9-13-48(44)68-58)16-20-69(41(2)3)57(78)38-66-59(79)49(34-42-10-6-5-7-11-42)67-54(75)37-65-53(74)36-64-52(73)18-22-83-24-26-85-28-30-87-32-33-88-31-29-86-27-25-84-23-19-63-51(72)17-21-70-55(76)14-15-56(70)77/h5-15,35,41,49,82H,4,16-34,36-40H2,1-3H3,(H,63,72)(H,64,73)(H,65,74)(H,66,79)(H,67,75)/t49-,62-/m0/s1. The van der Waals surface area contributed by atoms with Crippen molar-refractivity contribution >= 4 is 64.1 Å². The summed E-state index contributed by atoms with van der Waals surface area (Å²) in [5, 5.41) is 25.2. The van der Waals surface area contributed by atoms with E-state index >= 15 is 0 Å². The van der Waals surface area contributed by atoms with Gasteiger partial charge in [-0.3, -0.25) is 48.1 Å². The molecule has 0 fully saturated rings. The van der Waals surface area contributed by atoms with Crippen LogP contribution in [0.3, 0.4) is 0 Å². The summed E-state index contributed by atoms with van der Waals surface area (Å²) in [7, 11) is 0. The van der Waals surface area contributed by atoms with Gasteiger partial charge in [0.2, 0.25) is 35.4 Å². The van der Waals surface area contributed by atoms with Crippen LogP contribution in [0.4, 0.5) is 0 Å². The van der Waals surface area contributed by atoms with Crippen LogP contribution >= 0.6 is 0 Å². The van der Waals surface area contributed by atoms with Crippen LogP contribution in [-0.2, 0) is 108 Å². The van der Waals surface area contributed by atoms with Crippen molar-refractivity contribution in [3.8, 4) is 11.4 Å². The SMILES string of the molecule is CC[C@@]1(O)C(=O)OCc2c1cc1n(c2=O)Cc2c-1nc1ccccc1c2CCN(C(=O)CNC(=O)[C@H](Cc1ccccc1)NC(=O)CNC(=O)CNC(=O)CCOCCOCCOCCOCCOCCOCCNC(=O)CCN1C(=O)C=CC1=O)C(C)C. The van der Waals surface area contributed by atoms with Crippen molar-refractivity contribution in [2.75, 3.05) is 119 Å². The Morgan fingerprint density at radius 3 is 1.91 bits per heavy atom. The maximum absolute atomic E-state index is 14.0. The lowest BCUT2D eigenvalue weighted by Gasteiger charge is -2.31. The molecule has 4 aromatic rings. The molecule has 0 aliphatic carbocycles. The molecule has 0 spiro atoms. The van der Waals surface area contributed by atoms with Crippen molar-refractivity contribution in [2.45, 2.75) is 83.7 Å². The lowest BCUT2D eigenvalue weighted by molar-refractivity contribution is -0.172. The number of hydrogen-bond donors (Lipinski definition) is 6. The number of aromatic nitrogens is 2. The van der Waals surface area contributed by atoms with E-state index < -0.39 is 72.7 Å². The van der Waals surface area contributed by atoms with Crippen LogP contribution < -0.4 is 32.1 Å². The molecule has 6 N–H and O–H groups in total. The molecule has 2 aromatic carbocycles. The van der Waals surface area contributed by atoms with Gasteiger partial charge in [-0.25, -0.2) is 9.78 Å². The number of amides is 8. The number of nitrogens with one attached hydrogen (secondary N) is 5. The van der Waals surface area contributed by atoms with E-state index in [4.69, 9.17) is 38.1 Å². The summed E-state index contributed by atoms with van der Waals surface area (Å²) in [6.07, 6.45) is 2.77. The van der Waals surface area contributed by atoms with Crippen LogP contribution in [0.2, 0.25) is 0 Å². The normalized spacial score (nSPS) is 15.1. The van der Waals surface area contributed by atoms with Gasteiger partial charge in [0.05, 0.1) is 128 Å². The third-order valence-electron chi connectivity index (χ3n) is 14.9. The lowest BCUT2D eigenvalue weighted by Crippen LogP contribution is -2.53. The highest BCUT2D eigenvalue weighted by Gasteiger charge is 2.45. The number of fused-ring (bicyclic) bond motifs is 5. The smallest absolute Gasteiger partial charge is 0.343 e. The van der Waals surface area contributed by atoms with Crippen LogP contribution in [-0.4, -0.2) is 208 Å². The summed E-state index contributed by atoms with van der Waals surface area (Å²) in [6, 6.07) is 16.7. The zero-order valence-corrected chi connectivity index (χ0v) is 50.4. The van der Waals surface area contributed by atoms with Crippen LogP contribution in [0, 0.1) is 0 Å². The van der Waals surface area contributed by atoms with Gasteiger partial charge in [0, 0.05) is 73.6 Å². The van der Waals surface area contributed by atoms with E-state index in [2.05, 4.69) is 26.6 Å². The van der Waals surface area contributed by atoms with E-state index in [1.165, 1.54) is 12.2 Å². The number of cyclic esters (lactones) is 1. The minimum absolute atomic E-state index is 0.00440. The fourth-order valence-corrected chi connectivity index (χ4v) is 10.1. The monoisotopic (exact) mass is 1240 g/mol. The molecular formula is C62H79N9O18. The number of ether oxygens (including phenoxy) is 7. The second kappa shape index (κ2) is 34.4. The van der Waals surface area contributed by atoms with Gasteiger partial charge in [0.1, 0.15) is 12.6 Å². The van der Waals surface area contributed by atoms with Gasteiger partial charge in [-0.2, -0.15) is 0 Å². The van der Waals surface area contributed by atoms with Crippen molar-refractivity contribution < 1.29 is 81.4 Å². The first-order chi connectivity index (χ1) is 43.0. The Hall–Kier alpha value is -8.31. The van der Waals surface area contributed by atoms with Crippen molar-refractivity contribution in [3.05, 3.63) is 111 Å². The first-order valence-corrected chi connectivity index (χ1v) is 29.8. The molecule has 2 aromatic heterocycles. The Balaban J connectivity index is 0.734. The van der Waals surface area contributed by atoms with Gasteiger partial charge in [0.15, 0.2) is 5.60 Å². The number of esters is 1. The number of aliphatic hydroxyl groups is 1. The number of pyridine rings is 2. The molecule has 0 saturated carbocycles. The summed E-state index contributed by atoms with van der Waals surface area (Å²) < 4.78 is 39.6. The Morgan fingerprint density at radius 2 is 1.27 bits per heavy atom. The molecule has 2 atom stereocenters. The number of hydrogen-bond acceptors (Lipinski definition) is 19. The summed E-state index contributed by atoms with van der Waals surface area (Å²) in [5.41, 5.74) is 2.06. The highest BCUT2D eigenvalue weighted by molar-refractivity contribution is 6.13. The van der Waals surface area contributed by atoms with Gasteiger partial charge in [-0.15, -0.1) is 0 Å². The van der Waals surface area contributed by atoms with Gasteiger partial charge < -0.3 is 74.3 Å². The number of carbonyl (C=O) groups excluding carboxylic acids is 9. The predicted molar refractivity (Wildman–Crippen MR) is 319 cm³/mol. The number of benzene rings is 2. The van der Waals surface area contributed by atoms with Crippen LogP contribution in [0.1, 0.15) is 67.9 Å². The molecule has 3 aliphatic heterocycles. The third kappa shape index (κ3) is 19.6. The van der Waals surface area contributed by atoms with E-state index in [0.29, 0.717) is 76.2 Å². The highest BCUT2D eigenvalue weighted by atomic mass is 16.6. The number of rotatable bonds is 39. The molecule has 27 heteroatoms. The fraction of sp³-hybridized carbons (Fsp3) is 0.500. The summed E-state index contributed by atoms with van der Waals surface area (Å²) in [4.78, 5) is 135. The van der Waals surface area contributed by atoms with E-state index in [-0.39, 0.29) is 119 Å². The Bertz CT molecular complexity index is 3230. The third-order valence-corrected chi connectivity index (χ3v) is 14.9. The molecule has 27 nitrogen and oxygen atoms in total. The van der Waals surface area contributed by atoms with E-state index in [1.807, 2.05) is 44.2 Å². The quantitative estimate of drug-likeness (QED) is 0.0169. The van der Waals surface area contributed by atoms with Gasteiger partial charge in [0.25, 0.3) is 17.4 Å². The average molecular weight is 1240 g/mol. The summed E-state index contributed by atoms with van der Waals surface area (Å²) in [5.74, 6) is -4.74. The minimum atomic E-state index is -1.98. The lowest BCUT2D eigenvalue weighted by atomic mass is 9.86.